The van der Waals surface area contributed by atoms with Gasteiger partial charge in [0.15, 0.2) is 0 Å². The van der Waals surface area contributed by atoms with E-state index in [1.54, 1.807) is 0 Å². The molecule has 72 heavy (non-hydrogen) atoms. The van der Waals surface area contributed by atoms with Crippen molar-refractivity contribution in [1.82, 2.24) is 14.1 Å². The largest absolute Gasteiger partial charge is 0.510 e. The van der Waals surface area contributed by atoms with Gasteiger partial charge < -0.3 is 13.9 Å². The number of hydrogen-bond donors (Lipinski definition) is 0. The van der Waals surface area contributed by atoms with E-state index in [2.05, 4.69) is 273 Å². The number of benzene rings is 7. The third-order valence-electron chi connectivity index (χ3n) is 13.4. The van der Waals surface area contributed by atoms with E-state index in [0.29, 0.717) is 11.5 Å². The molecule has 0 saturated carbocycles. The zero-order valence-corrected chi connectivity index (χ0v) is 46.0. The average Bonchev–Trinajstić information content (AvgIpc) is 3.92. The number of hydrogen-bond acceptors (Lipinski definition) is 2. The van der Waals surface area contributed by atoms with Gasteiger partial charge in [-0.2, -0.15) is 12.1 Å². The molecule has 0 bridgehead atoms. The van der Waals surface area contributed by atoms with E-state index in [1.807, 2.05) is 12.3 Å². The maximum absolute atomic E-state index is 6.99. The Bertz CT molecular complexity index is 3520. The molecular weight excluding hydrogens is 1060 g/mol. The van der Waals surface area contributed by atoms with Gasteiger partial charge >= 0.3 is 0 Å². The van der Waals surface area contributed by atoms with Crippen LogP contribution in [0.4, 0.5) is 0 Å². The molecule has 6 heteroatoms. The summed E-state index contributed by atoms with van der Waals surface area (Å²) in [5.41, 5.74) is 14.7. The number of pyridine rings is 1. The predicted octanol–water partition coefficient (Wildman–Crippen LogP) is 16.6. The van der Waals surface area contributed by atoms with Crippen molar-refractivity contribution in [2.45, 2.75) is 105 Å². The molecule has 3 aromatic heterocycles. The van der Waals surface area contributed by atoms with Gasteiger partial charge in [-0.1, -0.05) is 198 Å². The smallest absolute Gasteiger partial charge is 0.267 e. The Labute approximate surface area is 441 Å². The maximum Gasteiger partial charge on any atom is 0.267 e. The van der Waals surface area contributed by atoms with Crippen LogP contribution in [0.25, 0.3) is 72.4 Å². The van der Waals surface area contributed by atoms with Crippen molar-refractivity contribution in [3.8, 4) is 62.1 Å². The predicted molar refractivity (Wildman–Crippen MR) is 294 cm³/mol. The number of fused-ring (bicyclic) bond motifs is 3. The molecule has 366 valence electrons. The molecule has 10 aromatic rings. The first-order valence-corrected chi connectivity index (χ1v) is 24.9. The monoisotopic (exact) mass is 1120 g/mol. The van der Waals surface area contributed by atoms with Crippen LogP contribution >= 0.6 is 0 Å². The van der Waals surface area contributed by atoms with Crippen molar-refractivity contribution >= 4 is 21.8 Å². The second kappa shape index (κ2) is 19.0. The molecule has 0 aliphatic rings. The Morgan fingerprint density at radius 2 is 1.08 bits per heavy atom. The summed E-state index contributed by atoms with van der Waals surface area (Å²) in [6.45, 7) is 27.5. The van der Waals surface area contributed by atoms with E-state index in [9.17, 15) is 0 Å². The van der Waals surface area contributed by atoms with E-state index in [0.717, 1.165) is 55.8 Å². The molecule has 10 rings (SSSR count). The molecule has 0 N–H and O–H groups in total. The summed E-state index contributed by atoms with van der Waals surface area (Å²) in [7, 11) is 0. The maximum atomic E-state index is 6.99. The molecule has 0 radical (unpaired) electrons. The fourth-order valence-electron chi connectivity index (χ4n) is 10.2. The Balaban J connectivity index is 0.00000640. The van der Waals surface area contributed by atoms with Gasteiger partial charge in [-0.3, -0.25) is 4.57 Å². The number of nitrogens with zero attached hydrogens (tertiary/aromatic N) is 4. The van der Waals surface area contributed by atoms with Crippen LogP contribution in [0.1, 0.15) is 106 Å². The van der Waals surface area contributed by atoms with Gasteiger partial charge in [0, 0.05) is 44.3 Å². The Kier molecular flexibility index (Phi) is 13.2. The van der Waals surface area contributed by atoms with Crippen LogP contribution < -0.4 is 9.30 Å². The van der Waals surface area contributed by atoms with Gasteiger partial charge in [0.2, 0.25) is 0 Å². The van der Waals surface area contributed by atoms with Crippen LogP contribution in [0.5, 0.6) is 11.5 Å². The molecule has 7 aromatic carbocycles. The minimum absolute atomic E-state index is 0. The van der Waals surface area contributed by atoms with Crippen molar-refractivity contribution in [3.63, 3.8) is 0 Å². The third kappa shape index (κ3) is 9.64. The van der Waals surface area contributed by atoms with Crippen LogP contribution in [0.15, 0.2) is 170 Å². The normalized spacial score (nSPS) is 12.3. The third-order valence-corrected chi connectivity index (χ3v) is 13.4. The molecule has 5 nitrogen and oxygen atoms in total. The molecule has 0 amide bonds. The second-order valence-corrected chi connectivity index (χ2v) is 23.0. The number of ether oxygens (including phenoxy) is 1. The van der Waals surface area contributed by atoms with Crippen LogP contribution in [-0.4, -0.2) is 14.1 Å². The van der Waals surface area contributed by atoms with Gasteiger partial charge in [-0.25, -0.2) is 4.98 Å². The molecule has 0 saturated heterocycles. The van der Waals surface area contributed by atoms with E-state index in [4.69, 9.17) is 9.72 Å². The summed E-state index contributed by atoms with van der Waals surface area (Å²) in [5, 5.41) is 2.21. The standard InChI is InChI=1S/C66H64N4O.Pt/c1-63(2,3)48-34-35-67-59(38-48)70-57-31-23-22-30-53(57)54-33-32-51(42-58(54)70)71-52-37-47(44-24-16-13-17-25-44)36-49(39-52)68-43-69(62(66(10,11)12)61(68)65(7,8)9)50-40-55(45-26-18-14-19-27-45)60(64(4,5)6)56(41-50)46-28-20-15-21-29-46;/h13-38,40-41H,1-12H3;/q-2;. The fraction of sp³-hybridized carbons (Fsp3) is 0.242. The number of imidazole rings is 1. The molecule has 0 fully saturated rings. The molecule has 0 atom stereocenters. The van der Waals surface area contributed by atoms with E-state index < -0.39 is 0 Å². The topological polar surface area (TPSA) is 35.9 Å². The van der Waals surface area contributed by atoms with Crippen LogP contribution in [0.3, 0.4) is 0 Å². The molecule has 3 heterocycles. The summed E-state index contributed by atoms with van der Waals surface area (Å²) in [6.07, 6.45) is 5.90. The van der Waals surface area contributed by atoms with Crippen molar-refractivity contribution in [1.29, 1.82) is 0 Å². The quantitative estimate of drug-likeness (QED) is 0.112. The minimum Gasteiger partial charge on any atom is -0.510 e. The first-order chi connectivity index (χ1) is 33.7. The first kappa shape index (κ1) is 50.1. The van der Waals surface area contributed by atoms with E-state index in [1.165, 1.54) is 39.1 Å². The molecular formula is C66H64N4OPt-2. The second-order valence-electron chi connectivity index (χ2n) is 23.0. The van der Waals surface area contributed by atoms with Crippen molar-refractivity contribution in [2.24, 2.45) is 0 Å². The SMILES string of the molecule is CC(C)(C)c1ccnc(-n2c3[c-]c(Oc4[c-]c(-n5[c-][n+](-c6cc(-c7ccccc7)c(C(C)(C)C)c(-c7ccccc7)c6)c(C(C)(C)C)c5C(C)(C)C)cc(-c5ccccc5)c4)ccc3c3ccccc32)c1.[Pt]. The van der Waals surface area contributed by atoms with Crippen LogP contribution in [0, 0.1) is 18.5 Å². The van der Waals surface area contributed by atoms with Crippen LogP contribution in [-0.2, 0) is 42.7 Å². The van der Waals surface area contributed by atoms with Gasteiger partial charge in [0.1, 0.15) is 5.82 Å². The van der Waals surface area contributed by atoms with Gasteiger partial charge in [-0.05, 0) is 102 Å². The summed E-state index contributed by atoms with van der Waals surface area (Å²) in [4.78, 5) is 4.92. The van der Waals surface area contributed by atoms with Crippen molar-refractivity contribution in [2.75, 3.05) is 0 Å². The van der Waals surface area contributed by atoms with Gasteiger partial charge in [-0.15, -0.1) is 35.2 Å². The average molecular weight is 1120 g/mol. The summed E-state index contributed by atoms with van der Waals surface area (Å²) in [5.74, 6) is 2.00. The first-order valence-electron chi connectivity index (χ1n) is 24.9. The van der Waals surface area contributed by atoms with Crippen molar-refractivity contribution < 1.29 is 30.4 Å². The molecule has 0 spiro atoms. The molecule has 0 unspecified atom stereocenters. The number of para-hydroxylation sites is 1. The summed E-state index contributed by atoms with van der Waals surface area (Å²) >= 11 is 0. The van der Waals surface area contributed by atoms with Crippen molar-refractivity contribution in [3.05, 3.63) is 211 Å². The van der Waals surface area contributed by atoms with Crippen LogP contribution in [0.2, 0.25) is 0 Å². The number of rotatable bonds is 8. The molecule has 0 aliphatic carbocycles. The zero-order chi connectivity index (χ0) is 50.0. The van der Waals surface area contributed by atoms with Gasteiger partial charge in [0.25, 0.3) is 6.33 Å². The molecule has 0 aliphatic heterocycles. The summed E-state index contributed by atoms with van der Waals surface area (Å²) in [6, 6.07) is 65.7. The Hall–Kier alpha value is -6.81. The minimum atomic E-state index is -0.317. The summed E-state index contributed by atoms with van der Waals surface area (Å²) < 4.78 is 13.7. The Morgan fingerprint density at radius 3 is 1.65 bits per heavy atom. The van der Waals surface area contributed by atoms with E-state index >= 15 is 0 Å². The Morgan fingerprint density at radius 1 is 0.500 bits per heavy atom. The zero-order valence-electron chi connectivity index (χ0n) is 43.7. The number of aromatic nitrogens is 4. The fourth-order valence-corrected chi connectivity index (χ4v) is 10.2. The van der Waals surface area contributed by atoms with E-state index in [-0.39, 0.29) is 42.7 Å². The van der Waals surface area contributed by atoms with Gasteiger partial charge in [0.05, 0.1) is 17.1 Å².